The first-order valence-electron chi connectivity index (χ1n) is 11.1. The molecule has 1 saturated heterocycles. The van der Waals surface area contributed by atoms with Gasteiger partial charge in [-0.25, -0.2) is 0 Å². The van der Waals surface area contributed by atoms with E-state index in [-0.39, 0.29) is 29.2 Å². The predicted molar refractivity (Wildman–Crippen MR) is 123 cm³/mol. The summed E-state index contributed by atoms with van der Waals surface area (Å²) in [7, 11) is 0. The lowest BCUT2D eigenvalue weighted by atomic mass is 9.86. The van der Waals surface area contributed by atoms with Gasteiger partial charge in [0.05, 0.1) is 0 Å². The van der Waals surface area contributed by atoms with E-state index >= 15 is 0 Å². The molecular weight excluding hydrogens is 404 g/mol. The zero-order valence-corrected chi connectivity index (χ0v) is 19.2. The number of rotatable bonds is 5. The molecule has 3 rings (SSSR count). The summed E-state index contributed by atoms with van der Waals surface area (Å²) in [6.45, 7) is 9.19. The number of nitrogens with zero attached hydrogens (tertiary/aromatic N) is 2. The number of amides is 3. The lowest BCUT2D eigenvalue weighted by molar-refractivity contribution is -0.123. The summed E-state index contributed by atoms with van der Waals surface area (Å²) in [5.74, 6) is -0.510. The van der Waals surface area contributed by atoms with Gasteiger partial charge in [-0.1, -0.05) is 32.9 Å². The number of likely N-dealkylation sites (tertiary alicyclic amines) is 1. The van der Waals surface area contributed by atoms with Crippen molar-refractivity contribution in [3.8, 4) is 0 Å². The highest BCUT2D eigenvalue weighted by molar-refractivity contribution is 5.97. The molecule has 1 fully saturated rings. The molecule has 0 aliphatic carbocycles. The predicted octanol–water partition coefficient (Wildman–Crippen LogP) is 2.92. The first kappa shape index (κ1) is 23.4. The Labute approximate surface area is 189 Å². The van der Waals surface area contributed by atoms with Crippen LogP contribution in [0.25, 0.3) is 0 Å². The molecule has 1 aliphatic rings. The number of pyridine rings is 1. The first-order valence-corrected chi connectivity index (χ1v) is 11.1. The van der Waals surface area contributed by atoms with Crippen molar-refractivity contribution in [1.82, 2.24) is 20.5 Å². The van der Waals surface area contributed by atoms with Crippen LogP contribution in [-0.4, -0.2) is 52.8 Å². The van der Waals surface area contributed by atoms with E-state index in [1.807, 2.05) is 12.1 Å². The summed E-state index contributed by atoms with van der Waals surface area (Å²) in [5.41, 5.74) is 2.31. The van der Waals surface area contributed by atoms with Crippen molar-refractivity contribution in [1.29, 1.82) is 0 Å². The van der Waals surface area contributed by atoms with Crippen molar-refractivity contribution in [3.05, 3.63) is 65.5 Å². The van der Waals surface area contributed by atoms with E-state index in [0.717, 1.165) is 5.56 Å². The summed E-state index contributed by atoms with van der Waals surface area (Å²) in [6, 6.07) is 10.2. The Morgan fingerprint density at radius 3 is 2.12 bits per heavy atom. The molecule has 7 nitrogen and oxygen atoms in total. The number of aromatic nitrogens is 1. The minimum absolute atomic E-state index is 0.0146. The van der Waals surface area contributed by atoms with Crippen molar-refractivity contribution < 1.29 is 14.4 Å². The molecule has 0 saturated carbocycles. The molecule has 2 aromatic rings. The number of carbonyl (C=O) groups excluding carboxylic acids is 3. The van der Waals surface area contributed by atoms with E-state index in [9.17, 15) is 14.4 Å². The maximum Gasteiger partial charge on any atom is 0.253 e. The van der Waals surface area contributed by atoms with Crippen LogP contribution in [-0.2, 0) is 10.2 Å². The molecular formula is C25H32N4O3. The van der Waals surface area contributed by atoms with Gasteiger partial charge in [0.25, 0.3) is 11.8 Å². The molecule has 0 bridgehead atoms. The van der Waals surface area contributed by atoms with Crippen molar-refractivity contribution in [3.63, 3.8) is 0 Å². The van der Waals surface area contributed by atoms with Crippen LogP contribution in [0, 0.1) is 0 Å². The zero-order chi connectivity index (χ0) is 23.3. The molecule has 1 aromatic heterocycles. The molecule has 2 heterocycles. The third-order valence-corrected chi connectivity index (χ3v) is 5.81. The summed E-state index contributed by atoms with van der Waals surface area (Å²) in [5, 5.41) is 5.77. The van der Waals surface area contributed by atoms with Crippen molar-refractivity contribution >= 4 is 17.7 Å². The van der Waals surface area contributed by atoms with Crippen LogP contribution >= 0.6 is 0 Å². The van der Waals surface area contributed by atoms with Crippen LogP contribution in [0.1, 0.15) is 66.8 Å². The molecule has 3 amide bonds. The smallest absolute Gasteiger partial charge is 0.253 e. The van der Waals surface area contributed by atoms with Gasteiger partial charge in [0.2, 0.25) is 5.91 Å². The standard InChI is InChI=1S/C25H32N4O3/c1-17(27-23(31)18-5-7-20(8-6-18)25(2,3)4)22(30)28-21-11-15-29(16-12-21)24(32)19-9-13-26-14-10-19/h5-10,13-14,17,21H,11-12,15-16H2,1-4H3,(H,27,31)(H,28,30). The largest absolute Gasteiger partial charge is 0.351 e. The Balaban J connectivity index is 1.47. The third-order valence-electron chi connectivity index (χ3n) is 5.81. The fourth-order valence-electron chi connectivity index (χ4n) is 3.70. The molecule has 0 spiro atoms. The molecule has 32 heavy (non-hydrogen) atoms. The van der Waals surface area contributed by atoms with Crippen molar-refractivity contribution in [2.24, 2.45) is 0 Å². The second-order valence-corrected chi connectivity index (χ2v) is 9.33. The van der Waals surface area contributed by atoms with Crippen molar-refractivity contribution in [2.75, 3.05) is 13.1 Å². The molecule has 1 atom stereocenters. The van der Waals surface area contributed by atoms with Gasteiger partial charge in [-0.05, 0) is 55.0 Å². The third kappa shape index (κ3) is 5.93. The van der Waals surface area contributed by atoms with E-state index in [2.05, 4.69) is 36.4 Å². The van der Waals surface area contributed by atoms with Gasteiger partial charge < -0.3 is 15.5 Å². The normalized spacial score (nSPS) is 15.7. The second kappa shape index (κ2) is 9.94. The highest BCUT2D eigenvalue weighted by Crippen LogP contribution is 2.22. The Morgan fingerprint density at radius 1 is 0.969 bits per heavy atom. The summed E-state index contributed by atoms with van der Waals surface area (Å²) >= 11 is 0. The SMILES string of the molecule is CC(NC(=O)c1ccc(C(C)(C)C)cc1)C(=O)NC1CCN(C(=O)c2ccncc2)CC1. The lowest BCUT2D eigenvalue weighted by Crippen LogP contribution is -2.51. The van der Waals surface area contributed by atoms with Gasteiger partial charge >= 0.3 is 0 Å². The number of piperidine rings is 1. The molecule has 2 N–H and O–H groups in total. The van der Waals surface area contributed by atoms with E-state index in [1.165, 1.54) is 0 Å². The van der Waals surface area contributed by atoms with Crippen LogP contribution in [0.4, 0.5) is 0 Å². The van der Waals surface area contributed by atoms with E-state index in [4.69, 9.17) is 0 Å². The number of hydrogen-bond acceptors (Lipinski definition) is 4. The lowest BCUT2D eigenvalue weighted by Gasteiger charge is -2.33. The quantitative estimate of drug-likeness (QED) is 0.754. The summed E-state index contributed by atoms with van der Waals surface area (Å²) < 4.78 is 0. The minimum atomic E-state index is -0.652. The Morgan fingerprint density at radius 2 is 1.56 bits per heavy atom. The highest BCUT2D eigenvalue weighted by atomic mass is 16.2. The van der Waals surface area contributed by atoms with E-state index in [1.54, 1.807) is 48.5 Å². The van der Waals surface area contributed by atoms with Gasteiger partial charge in [-0.15, -0.1) is 0 Å². The monoisotopic (exact) mass is 436 g/mol. The Kier molecular flexibility index (Phi) is 7.28. The number of nitrogens with one attached hydrogen (secondary N) is 2. The summed E-state index contributed by atoms with van der Waals surface area (Å²) in [4.78, 5) is 43.4. The van der Waals surface area contributed by atoms with Crippen LogP contribution in [0.5, 0.6) is 0 Å². The molecule has 1 aromatic carbocycles. The molecule has 7 heteroatoms. The van der Waals surface area contributed by atoms with Gasteiger partial charge in [-0.3, -0.25) is 19.4 Å². The van der Waals surface area contributed by atoms with Crippen LogP contribution in [0.15, 0.2) is 48.8 Å². The fraction of sp³-hybridized carbons (Fsp3) is 0.440. The molecule has 0 radical (unpaired) electrons. The fourth-order valence-corrected chi connectivity index (χ4v) is 3.70. The average Bonchev–Trinajstić information content (AvgIpc) is 2.79. The van der Waals surface area contributed by atoms with Crippen LogP contribution in [0.3, 0.4) is 0 Å². The van der Waals surface area contributed by atoms with Crippen LogP contribution in [0.2, 0.25) is 0 Å². The summed E-state index contributed by atoms with van der Waals surface area (Å²) in [6.07, 6.45) is 4.57. The second-order valence-electron chi connectivity index (χ2n) is 9.33. The molecule has 1 aliphatic heterocycles. The number of benzene rings is 1. The van der Waals surface area contributed by atoms with Gasteiger partial charge in [0.1, 0.15) is 6.04 Å². The average molecular weight is 437 g/mol. The van der Waals surface area contributed by atoms with Gasteiger partial charge in [-0.2, -0.15) is 0 Å². The maximum absolute atomic E-state index is 12.6. The minimum Gasteiger partial charge on any atom is -0.351 e. The van der Waals surface area contributed by atoms with Crippen molar-refractivity contribution in [2.45, 2.75) is 58.0 Å². The Hall–Kier alpha value is -3.22. The zero-order valence-electron chi connectivity index (χ0n) is 19.2. The van der Waals surface area contributed by atoms with Crippen LogP contribution < -0.4 is 10.6 Å². The van der Waals surface area contributed by atoms with Gasteiger partial charge in [0.15, 0.2) is 0 Å². The molecule has 170 valence electrons. The first-order chi connectivity index (χ1) is 15.1. The topological polar surface area (TPSA) is 91.4 Å². The number of carbonyl (C=O) groups is 3. The maximum atomic E-state index is 12.6. The van der Waals surface area contributed by atoms with Gasteiger partial charge in [0, 0.05) is 42.7 Å². The molecule has 1 unspecified atom stereocenters. The number of hydrogen-bond donors (Lipinski definition) is 2. The highest BCUT2D eigenvalue weighted by Gasteiger charge is 2.26. The van der Waals surface area contributed by atoms with E-state index < -0.39 is 6.04 Å². The van der Waals surface area contributed by atoms with E-state index in [0.29, 0.717) is 37.1 Å². The Bertz CT molecular complexity index is 943.